The van der Waals surface area contributed by atoms with E-state index in [1.54, 1.807) is 12.3 Å². The molecule has 0 atom stereocenters. The summed E-state index contributed by atoms with van der Waals surface area (Å²) in [5, 5.41) is 11.0. The van der Waals surface area contributed by atoms with Gasteiger partial charge in [-0.05, 0) is 57.6 Å². The van der Waals surface area contributed by atoms with Gasteiger partial charge >= 0.3 is 12.1 Å². The number of amides is 1. The number of alkyl halides is 3. The van der Waals surface area contributed by atoms with Crippen molar-refractivity contribution in [2.75, 3.05) is 27.2 Å². The molecule has 1 aliphatic rings. The summed E-state index contributed by atoms with van der Waals surface area (Å²) in [6.45, 7) is 2.03. The second-order valence-corrected chi connectivity index (χ2v) is 8.06. The first kappa shape index (κ1) is 26.6. The van der Waals surface area contributed by atoms with E-state index in [1.165, 1.54) is 12.1 Å². The minimum absolute atomic E-state index is 0.0305. The zero-order valence-corrected chi connectivity index (χ0v) is 18.8. The third-order valence-corrected chi connectivity index (χ3v) is 5.60. The largest absolute Gasteiger partial charge is 0.490 e. The van der Waals surface area contributed by atoms with Crippen molar-refractivity contribution in [3.63, 3.8) is 0 Å². The summed E-state index contributed by atoms with van der Waals surface area (Å²) in [6, 6.07) is 4.70. The molecule has 0 spiro atoms. The summed E-state index contributed by atoms with van der Waals surface area (Å²) < 4.78 is 50.4. The Morgan fingerprint density at radius 3 is 2.45 bits per heavy atom. The van der Waals surface area contributed by atoms with Crippen LogP contribution in [0.15, 0.2) is 28.9 Å². The number of carboxylic acid groups (broad SMARTS) is 1. The number of aromatic nitrogens is 1. The Kier molecular flexibility index (Phi) is 9.24. The predicted molar refractivity (Wildman–Crippen MR) is 112 cm³/mol. The van der Waals surface area contributed by atoms with Gasteiger partial charge in [0.15, 0.2) is 5.76 Å². The van der Waals surface area contributed by atoms with Crippen LogP contribution in [0.3, 0.4) is 0 Å². The third-order valence-electron chi connectivity index (χ3n) is 5.31. The minimum Gasteiger partial charge on any atom is -0.475 e. The molecule has 0 radical (unpaired) electrons. The molecular weight excluding hydrogens is 470 g/mol. The highest BCUT2D eigenvalue weighted by atomic mass is 35.5. The van der Waals surface area contributed by atoms with Crippen molar-refractivity contribution in [1.82, 2.24) is 15.0 Å². The van der Waals surface area contributed by atoms with Crippen molar-refractivity contribution in [2.45, 2.75) is 37.9 Å². The van der Waals surface area contributed by atoms with Crippen LogP contribution in [-0.2, 0) is 16.0 Å². The zero-order chi connectivity index (χ0) is 24.8. The maximum Gasteiger partial charge on any atom is 0.490 e. The lowest BCUT2D eigenvalue weighted by molar-refractivity contribution is -0.192. The number of nitrogens with zero attached hydrogens (tertiary/aromatic N) is 3. The van der Waals surface area contributed by atoms with Crippen LogP contribution < -0.4 is 0 Å². The first-order chi connectivity index (χ1) is 15.4. The molecule has 0 unspecified atom stereocenters. The van der Waals surface area contributed by atoms with E-state index in [2.05, 4.69) is 17.1 Å². The van der Waals surface area contributed by atoms with E-state index in [9.17, 15) is 22.4 Å². The quantitative estimate of drug-likeness (QED) is 0.627. The van der Waals surface area contributed by atoms with E-state index < -0.39 is 18.0 Å². The molecule has 12 heteroatoms. The molecule has 2 heterocycles. The zero-order valence-electron chi connectivity index (χ0n) is 18.0. The average molecular weight is 494 g/mol. The molecule has 0 aliphatic carbocycles. The number of carbonyl (C=O) groups excluding carboxylic acids is 1. The van der Waals surface area contributed by atoms with Gasteiger partial charge in [0.2, 0.25) is 5.91 Å². The number of aryl methyl sites for hydroxylation is 1. The highest BCUT2D eigenvalue weighted by Crippen LogP contribution is 2.28. The van der Waals surface area contributed by atoms with Gasteiger partial charge in [0.05, 0.1) is 11.2 Å². The number of carboxylic acids is 1. The van der Waals surface area contributed by atoms with E-state index in [0.29, 0.717) is 30.2 Å². The number of halogens is 5. The van der Waals surface area contributed by atoms with Crippen molar-refractivity contribution >= 4 is 23.5 Å². The molecule has 1 amide bonds. The number of hydrogen-bond donors (Lipinski definition) is 1. The topological polar surface area (TPSA) is 86.9 Å². The second-order valence-electron chi connectivity index (χ2n) is 7.65. The van der Waals surface area contributed by atoms with Gasteiger partial charge in [-0.3, -0.25) is 4.79 Å². The highest BCUT2D eigenvalue weighted by Gasteiger charge is 2.38. The van der Waals surface area contributed by atoms with Crippen molar-refractivity contribution < 1.29 is 36.8 Å². The van der Waals surface area contributed by atoms with Crippen LogP contribution in [0.5, 0.6) is 0 Å². The third kappa shape index (κ3) is 7.71. The summed E-state index contributed by atoms with van der Waals surface area (Å²) in [4.78, 5) is 25.6. The van der Waals surface area contributed by atoms with Crippen LogP contribution in [0.4, 0.5) is 17.6 Å². The van der Waals surface area contributed by atoms with Crippen LogP contribution in [0.1, 0.15) is 24.8 Å². The Bertz CT molecular complexity index is 959. The van der Waals surface area contributed by atoms with Gasteiger partial charge in [-0.2, -0.15) is 13.2 Å². The fourth-order valence-electron chi connectivity index (χ4n) is 3.32. The number of likely N-dealkylation sites (tertiary alicyclic amines) is 1. The first-order valence-corrected chi connectivity index (χ1v) is 10.4. The van der Waals surface area contributed by atoms with Crippen molar-refractivity contribution in [2.24, 2.45) is 0 Å². The van der Waals surface area contributed by atoms with Crippen LogP contribution in [0.2, 0.25) is 5.02 Å². The molecule has 1 saturated heterocycles. The smallest absolute Gasteiger partial charge is 0.475 e. The van der Waals surface area contributed by atoms with Gasteiger partial charge < -0.3 is 19.4 Å². The van der Waals surface area contributed by atoms with E-state index in [0.717, 1.165) is 31.5 Å². The molecule has 0 saturated carbocycles. The summed E-state index contributed by atoms with van der Waals surface area (Å²) in [7, 11) is 3.99. The standard InChI is InChI=1S/C19H23ClFN3O2.C2HF3O2/c1-23-9-7-15(8-10-23)24(2)18(25)6-4-14-12-22-26-19(14)13-3-5-17(21)16(20)11-13;3-2(4,5)1(6)7/h3,5,11-12,15H,4,6-10H2,1-2H3;(H,6,7). The van der Waals surface area contributed by atoms with Gasteiger partial charge in [0.1, 0.15) is 5.82 Å². The normalized spacial score (nSPS) is 15.0. The molecule has 3 rings (SSSR count). The number of hydrogen-bond acceptors (Lipinski definition) is 5. The van der Waals surface area contributed by atoms with Gasteiger partial charge in [0, 0.05) is 30.6 Å². The van der Waals surface area contributed by atoms with Gasteiger partial charge in [-0.1, -0.05) is 16.8 Å². The van der Waals surface area contributed by atoms with Gasteiger partial charge in [-0.25, -0.2) is 9.18 Å². The summed E-state index contributed by atoms with van der Waals surface area (Å²) in [5.41, 5.74) is 1.47. The Labute approximate surface area is 192 Å². The maximum absolute atomic E-state index is 13.4. The Morgan fingerprint density at radius 1 is 1.30 bits per heavy atom. The molecule has 1 aromatic carbocycles. The van der Waals surface area contributed by atoms with Crippen LogP contribution in [0, 0.1) is 5.82 Å². The second kappa shape index (κ2) is 11.5. The van der Waals surface area contributed by atoms with Crippen LogP contribution in [0.25, 0.3) is 11.3 Å². The number of piperidine rings is 1. The van der Waals surface area contributed by atoms with E-state index in [1.807, 2.05) is 11.9 Å². The molecule has 1 aliphatic heterocycles. The molecule has 1 fully saturated rings. The fraction of sp³-hybridized carbons (Fsp3) is 0.476. The molecule has 2 aromatic rings. The van der Waals surface area contributed by atoms with Gasteiger partial charge in [-0.15, -0.1) is 0 Å². The molecule has 1 aromatic heterocycles. The fourth-order valence-corrected chi connectivity index (χ4v) is 3.50. The summed E-state index contributed by atoms with van der Waals surface area (Å²) >= 11 is 5.85. The summed E-state index contributed by atoms with van der Waals surface area (Å²) in [6.07, 6.45) is -0.568. The lowest BCUT2D eigenvalue weighted by Crippen LogP contribution is -2.44. The Morgan fingerprint density at radius 2 is 1.91 bits per heavy atom. The molecule has 1 N–H and O–H groups in total. The van der Waals surface area contributed by atoms with Gasteiger partial charge in [0.25, 0.3) is 0 Å². The lowest BCUT2D eigenvalue weighted by Gasteiger charge is -2.35. The van der Waals surface area contributed by atoms with Crippen molar-refractivity contribution in [1.29, 1.82) is 0 Å². The average Bonchev–Trinajstić information content (AvgIpc) is 3.22. The molecule has 182 valence electrons. The van der Waals surface area contributed by atoms with E-state index in [4.69, 9.17) is 26.0 Å². The minimum atomic E-state index is -5.08. The highest BCUT2D eigenvalue weighted by molar-refractivity contribution is 6.31. The summed E-state index contributed by atoms with van der Waals surface area (Å²) in [5.74, 6) is -2.59. The molecule has 0 bridgehead atoms. The van der Waals surface area contributed by atoms with E-state index >= 15 is 0 Å². The molecular formula is C21H24ClF4N3O4. The number of carbonyl (C=O) groups is 2. The van der Waals surface area contributed by atoms with E-state index in [-0.39, 0.29) is 10.9 Å². The Balaban J connectivity index is 0.000000479. The number of rotatable bonds is 5. The maximum atomic E-state index is 13.4. The van der Waals surface area contributed by atoms with Crippen LogP contribution >= 0.6 is 11.6 Å². The van der Waals surface area contributed by atoms with Crippen molar-refractivity contribution in [3.05, 3.63) is 40.8 Å². The predicted octanol–water partition coefficient (Wildman–Crippen LogP) is 4.25. The number of benzene rings is 1. The molecule has 33 heavy (non-hydrogen) atoms. The lowest BCUT2D eigenvalue weighted by atomic mass is 10.0. The van der Waals surface area contributed by atoms with Crippen LogP contribution in [-0.4, -0.2) is 71.3 Å². The number of aliphatic carboxylic acids is 1. The van der Waals surface area contributed by atoms with Crippen molar-refractivity contribution in [3.8, 4) is 11.3 Å². The monoisotopic (exact) mass is 493 g/mol. The Hall–Kier alpha value is -2.66. The SMILES string of the molecule is CN1CCC(N(C)C(=O)CCc2cnoc2-c2ccc(F)c(Cl)c2)CC1.O=C(O)C(F)(F)F. The molecule has 7 nitrogen and oxygen atoms in total. The first-order valence-electron chi connectivity index (χ1n) is 10.0.